The molecule has 0 aliphatic heterocycles. The number of nitrogens with zero attached hydrogens (tertiary/aromatic N) is 1. The van der Waals surface area contributed by atoms with Crippen LogP contribution in [0.4, 0.5) is 0 Å². The van der Waals surface area contributed by atoms with Gasteiger partial charge in [-0.25, -0.2) is 0 Å². The third-order valence-corrected chi connectivity index (χ3v) is 8.32. The van der Waals surface area contributed by atoms with Gasteiger partial charge in [0.05, 0.1) is 6.07 Å². The van der Waals surface area contributed by atoms with E-state index in [2.05, 4.69) is 26.0 Å². The van der Waals surface area contributed by atoms with E-state index < -0.39 is 41.6 Å². The zero-order valence-corrected chi connectivity index (χ0v) is 19.9. The van der Waals surface area contributed by atoms with Gasteiger partial charge in [0.2, 0.25) is 0 Å². The lowest BCUT2D eigenvalue weighted by Gasteiger charge is -2.62. The van der Waals surface area contributed by atoms with Crippen LogP contribution in [0, 0.1) is 46.3 Å². The molecule has 32 heavy (non-hydrogen) atoms. The minimum Gasteiger partial charge on any atom is -0.458 e. The lowest BCUT2D eigenvalue weighted by atomic mass is 9.44. The minimum atomic E-state index is -0.878. The molecule has 0 amide bonds. The maximum Gasteiger partial charge on any atom is 0.303 e. The summed E-state index contributed by atoms with van der Waals surface area (Å²) in [6.45, 7) is 10.3. The summed E-state index contributed by atoms with van der Waals surface area (Å²) in [5.74, 6) is -0.775. The maximum atomic E-state index is 12.2. The average Bonchev–Trinajstić information content (AvgIpc) is 2.69. The average molecular weight is 446 g/mol. The number of carbonyl (C=O) groups is 3. The van der Waals surface area contributed by atoms with E-state index in [0.717, 1.165) is 19.3 Å². The van der Waals surface area contributed by atoms with E-state index in [1.165, 1.54) is 26.3 Å². The van der Waals surface area contributed by atoms with Crippen molar-refractivity contribution < 1.29 is 28.6 Å². The molecule has 3 aliphatic rings. The lowest BCUT2D eigenvalue weighted by molar-refractivity contribution is -0.252. The summed E-state index contributed by atoms with van der Waals surface area (Å²) in [4.78, 5) is 36.2. The van der Waals surface area contributed by atoms with Crippen molar-refractivity contribution in [3.05, 3.63) is 11.6 Å². The molecule has 0 radical (unpaired) electrons. The molecule has 3 rings (SSSR count). The Bertz CT molecular complexity index is 844. The van der Waals surface area contributed by atoms with Crippen LogP contribution in [-0.4, -0.2) is 36.2 Å². The van der Waals surface area contributed by atoms with Crippen molar-refractivity contribution >= 4 is 17.9 Å². The van der Waals surface area contributed by atoms with Gasteiger partial charge >= 0.3 is 17.9 Å². The van der Waals surface area contributed by atoms with Crippen LogP contribution in [-0.2, 0) is 28.6 Å². The standard InChI is InChI=1S/C25H35NO6/c1-13-7-9-21-19(18(13)11-12-26)8-10-20-14(2)22(30-15(3)27)23(31-16(4)28)24(25(20,21)6)32-17(5)29/h7,14,18-24H,8-11H2,1-6H3/t14-,18+,19-,20-,21-,22+,23+,24-,25-/m0/s1. The van der Waals surface area contributed by atoms with Crippen molar-refractivity contribution in [1.29, 1.82) is 5.26 Å². The van der Waals surface area contributed by atoms with Crippen molar-refractivity contribution in [2.24, 2.45) is 35.0 Å². The first-order valence-corrected chi connectivity index (χ1v) is 11.6. The number of carbonyl (C=O) groups excluding carboxylic acids is 3. The van der Waals surface area contributed by atoms with Crippen LogP contribution in [0.2, 0.25) is 0 Å². The summed E-state index contributed by atoms with van der Waals surface area (Å²) in [7, 11) is 0. The Balaban J connectivity index is 2.12. The summed E-state index contributed by atoms with van der Waals surface area (Å²) >= 11 is 0. The molecule has 2 saturated carbocycles. The fraction of sp³-hybridized carbons (Fsp3) is 0.760. The second-order valence-electron chi connectivity index (χ2n) is 10.0. The van der Waals surface area contributed by atoms with Crippen molar-refractivity contribution in [1.82, 2.24) is 0 Å². The third kappa shape index (κ3) is 4.16. The lowest BCUT2D eigenvalue weighted by Crippen LogP contribution is -2.68. The Morgan fingerprint density at radius 2 is 1.62 bits per heavy atom. The first kappa shape index (κ1) is 24.3. The highest BCUT2D eigenvalue weighted by Crippen LogP contribution is 2.62. The van der Waals surface area contributed by atoms with Gasteiger partial charge in [0.25, 0.3) is 0 Å². The molecule has 7 heteroatoms. The molecule has 0 unspecified atom stereocenters. The van der Waals surface area contributed by atoms with Crippen LogP contribution in [0.25, 0.3) is 0 Å². The van der Waals surface area contributed by atoms with Crippen LogP contribution in [0.3, 0.4) is 0 Å². The van der Waals surface area contributed by atoms with E-state index in [4.69, 9.17) is 14.2 Å². The molecular weight excluding hydrogens is 410 g/mol. The fourth-order valence-electron chi connectivity index (χ4n) is 7.11. The molecule has 9 atom stereocenters. The van der Waals surface area contributed by atoms with Gasteiger partial charge in [-0.2, -0.15) is 5.26 Å². The van der Waals surface area contributed by atoms with Crippen molar-refractivity contribution in [2.75, 3.05) is 0 Å². The highest BCUT2D eigenvalue weighted by molar-refractivity contribution is 5.68. The molecule has 0 aromatic heterocycles. The highest BCUT2D eigenvalue weighted by atomic mass is 16.6. The molecule has 0 aromatic carbocycles. The Kier molecular flexibility index (Phi) is 7.02. The zero-order valence-electron chi connectivity index (χ0n) is 19.9. The van der Waals surface area contributed by atoms with Crippen molar-refractivity contribution in [2.45, 2.75) is 85.5 Å². The summed E-state index contributed by atoms with van der Waals surface area (Å²) < 4.78 is 17.3. The monoisotopic (exact) mass is 445 g/mol. The van der Waals surface area contributed by atoms with Gasteiger partial charge in [-0.1, -0.05) is 25.5 Å². The van der Waals surface area contributed by atoms with Crippen LogP contribution < -0.4 is 0 Å². The highest BCUT2D eigenvalue weighted by Gasteiger charge is 2.65. The van der Waals surface area contributed by atoms with E-state index >= 15 is 0 Å². The second-order valence-corrected chi connectivity index (χ2v) is 10.0. The Hall–Kier alpha value is -2.36. The summed E-state index contributed by atoms with van der Waals surface area (Å²) in [5.41, 5.74) is 0.757. The predicted molar refractivity (Wildman–Crippen MR) is 116 cm³/mol. The van der Waals surface area contributed by atoms with E-state index in [0.29, 0.717) is 6.42 Å². The first-order chi connectivity index (χ1) is 15.0. The van der Waals surface area contributed by atoms with Crippen molar-refractivity contribution in [3.63, 3.8) is 0 Å². The van der Waals surface area contributed by atoms with Gasteiger partial charge in [-0.05, 0) is 49.9 Å². The number of allylic oxidation sites excluding steroid dienone is 2. The molecule has 176 valence electrons. The molecule has 0 aromatic rings. The minimum absolute atomic E-state index is 0.0811. The topological polar surface area (TPSA) is 103 Å². The van der Waals surface area contributed by atoms with Gasteiger partial charge in [-0.3, -0.25) is 14.4 Å². The normalized spacial score (nSPS) is 40.6. The smallest absolute Gasteiger partial charge is 0.303 e. The molecule has 7 nitrogen and oxygen atoms in total. The second kappa shape index (κ2) is 9.25. The van der Waals surface area contributed by atoms with E-state index in [1.54, 1.807) is 0 Å². The number of hydrogen-bond acceptors (Lipinski definition) is 7. The van der Waals surface area contributed by atoms with Gasteiger partial charge in [0, 0.05) is 38.5 Å². The first-order valence-electron chi connectivity index (χ1n) is 11.6. The van der Waals surface area contributed by atoms with Crippen LogP contribution in [0.5, 0.6) is 0 Å². The van der Waals surface area contributed by atoms with Crippen LogP contribution in [0.15, 0.2) is 11.6 Å². The van der Waals surface area contributed by atoms with E-state index in [9.17, 15) is 19.6 Å². The molecule has 3 aliphatic carbocycles. The number of nitriles is 1. The number of hydrogen-bond donors (Lipinski definition) is 0. The molecule has 0 spiro atoms. The van der Waals surface area contributed by atoms with Gasteiger partial charge < -0.3 is 14.2 Å². The SMILES string of the molecule is CC(=O)O[C@@H]1[C@@H](C)[C@@H]2CC[C@H]3[C@H](CC#N)C(C)=CC[C@@H]3[C@@]2(C)[C@@H](OC(C)=O)[C@@H]1OC(C)=O. The number of ether oxygens (including phenoxy) is 3. The number of rotatable bonds is 4. The summed E-state index contributed by atoms with van der Waals surface area (Å²) in [6.07, 6.45) is 3.02. The Labute approximate surface area is 190 Å². The fourth-order valence-corrected chi connectivity index (χ4v) is 7.11. The van der Waals surface area contributed by atoms with Gasteiger partial charge in [0.1, 0.15) is 12.2 Å². The van der Waals surface area contributed by atoms with Gasteiger partial charge in [0.15, 0.2) is 6.10 Å². The zero-order chi connectivity index (χ0) is 23.8. The summed E-state index contributed by atoms with van der Waals surface area (Å²) in [5, 5.41) is 9.44. The van der Waals surface area contributed by atoms with E-state index in [-0.39, 0.29) is 29.6 Å². The van der Waals surface area contributed by atoms with Crippen molar-refractivity contribution in [3.8, 4) is 6.07 Å². The molecule has 0 bridgehead atoms. The maximum absolute atomic E-state index is 12.2. The van der Waals surface area contributed by atoms with Crippen LogP contribution in [0.1, 0.15) is 67.2 Å². The number of esters is 3. The quantitative estimate of drug-likeness (QED) is 0.366. The van der Waals surface area contributed by atoms with Crippen LogP contribution >= 0.6 is 0 Å². The molecule has 0 N–H and O–H groups in total. The molecular formula is C25H35NO6. The Morgan fingerprint density at radius 3 is 2.19 bits per heavy atom. The molecule has 0 heterocycles. The largest absolute Gasteiger partial charge is 0.458 e. The third-order valence-electron chi connectivity index (χ3n) is 8.32. The number of fused-ring (bicyclic) bond motifs is 3. The molecule has 0 saturated heterocycles. The molecule has 2 fully saturated rings. The predicted octanol–water partition coefficient (Wildman–Crippen LogP) is 3.96. The summed E-state index contributed by atoms with van der Waals surface area (Å²) in [6, 6.07) is 2.35. The van der Waals surface area contributed by atoms with Gasteiger partial charge in [-0.15, -0.1) is 0 Å². The Morgan fingerprint density at radius 1 is 1.03 bits per heavy atom. The van der Waals surface area contributed by atoms with E-state index in [1.807, 2.05) is 6.92 Å².